The van der Waals surface area contributed by atoms with Crippen LogP contribution < -0.4 is 15.4 Å². The minimum atomic E-state index is -1.13. The van der Waals surface area contributed by atoms with Gasteiger partial charge in [-0.05, 0) is 41.5 Å². The van der Waals surface area contributed by atoms with Crippen LogP contribution in [-0.2, 0) is 22.6 Å². The Morgan fingerprint density at radius 2 is 1.43 bits per heavy atom. The molecule has 2 N–H and O–H groups in total. The van der Waals surface area contributed by atoms with Gasteiger partial charge < -0.3 is 20.1 Å². The molecule has 4 aromatic rings. The van der Waals surface area contributed by atoms with Crippen LogP contribution in [0.15, 0.2) is 97.1 Å². The molecule has 7 nitrogen and oxygen atoms in total. The average Bonchev–Trinajstić information content (AvgIpc) is 2.94. The maximum Gasteiger partial charge on any atom is 0.408 e. The van der Waals surface area contributed by atoms with Crippen molar-refractivity contribution in [2.75, 3.05) is 5.32 Å². The Balaban J connectivity index is 1.51. The van der Waals surface area contributed by atoms with E-state index in [-0.39, 0.29) is 34.4 Å². The maximum atomic E-state index is 13.4. The molecule has 0 aliphatic heterocycles. The topological polar surface area (TPSA) is 93.7 Å². The fourth-order valence-electron chi connectivity index (χ4n) is 3.67. The van der Waals surface area contributed by atoms with Crippen LogP contribution in [0.1, 0.15) is 21.5 Å². The number of rotatable bonds is 9. The number of halogens is 3. The van der Waals surface area contributed by atoms with E-state index in [1.807, 2.05) is 60.7 Å². The summed E-state index contributed by atoms with van der Waals surface area (Å²) in [6, 6.07) is 26.0. The number of ether oxygens (including phenoxy) is 2. The summed E-state index contributed by atoms with van der Waals surface area (Å²) in [7, 11) is 0. The Bertz CT molecular complexity index is 1500. The zero-order valence-corrected chi connectivity index (χ0v) is 23.2. The Kier molecular flexibility index (Phi) is 10.0. The number of carbonyl (C=O) groups is 3. The number of nitrogens with one attached hydrogen (secondary N) is 2. The highest BCUT2D eigenvalue weighted by Gasteiger charge is 2.26. The summed E-state index contributed by atoms with van der Waals surface area (Å²) in [5.41, 5.74) is 1.98. The monoisotopic (exact) mass is 596 g/mol. The lowest BCUT2D eigenvalue weighted by atomic mass is 10.1. The second kappa shape index (κ2) is 13.8. The third-order valence-electron chi connectivity index (χ3n) is 5.65. The fourth-order valence-corrected chi connectivity index (χ4v) is 4.13. The van der Waals surface area contributed by atoms with E-state index >= 15 is 0 Å². The van der Waals surface area contributed by atoms with E-state index in [4.69, 9.17) is 44.3 Å². The SMILES string of the molecule is O=C(N[C@@H](Cc1ccccc1)C(=O)Oc1cc(Cl)ccc1C(=O)Nc1ccc(Cl)c(Cl)c1)OCc1ccccc1. The molecule has 0 heterocycles. The highest BCUT2D eigenvalue weighted by molar-refractivity contribution is 6.42. The molecule has 0 bridgehead atoms. The number of hydrogen-bond acceptors (Lipinski definition) is 5. The lowest BCUT2D eigenvalue weighted by Crippen LogP contribution is -2.44. The van der Waals surface area contributed by atoms with Gasteiger partial charge in [-0.1, -0.05) is 95.5 Å². The summed E-state index contributed by atoms with van der Waals surface area (Å²) < 4.78 is 10.9. The van der Waals surface area contributed by atoms with Gasteiger partial charge in [0.1, 0.15) is 18.4 Å². The molecule has 204 valence electrons. The summed E-state index contributed by atoms with van der Waals surface area (Å²) in [6.45, 7) is 0.0209. The van der Waals surface area contributed by atoms with Crippen LogP contribution in [0, 0.1) is 0 Å². The van der Waals surface area contributed by atoms with Gasteiger partial charge in [-0.2, -0.15) is 0 Å². The van der Waals surface area contributed by atoms with E-state index in [2.05, 4.69) is 10.6 Å². The molecule has 0 saturated heterocycles. The highest BCUT2D eigenvalue weighted by atomic mass is 35.5. The molecule has 0 radical (unpaired) electrons. The normalized spacial score (nSPS) is 11.3. The van der Waals surface area contributed by atoms with E-state index in [0.29, 0.717) is 10.7 Å². The van der Waals surface area contributed by atoms with Crippen molar-refractivity contribution < 1.29 is 23.9 Å². The summed E-state index contributed by atoms with van der Waals surface area (Å²) in [6.07, 6.45) is -0.684. The standard InChI is InChI=1S/C30H23Cl3N2O5/c31-21-11-13-23(28(36)34-22-12-14-24(32)25(33)17-22)27(16-21)40-29(37)26(15-19-7-3-1-4-8-19)35-30(38)39-18-20-9-5-2-6-10-20/h1-14,16-17,26H,15,18H2,(H,34,36)(H,35,38)/t26-/m0/s1. The number of alkyl carbamates (subject to hydrolysis) is 1. The van der Waals surface area contributed by atoms with Crippen LogP contribution in [0.5, 0.6) is 5.75 Å². The third kappa shape index (κ3) is 8.23. The molecule has 1 atom stereocenters. The molecular weight excluding hydrogens is 575 g/mol. The molecule has 0 fully saturated rings. The Labute approximate surface area is 246 Å². The second-order valence-electron chi connectivity index (χ2n) is 8.59. The van der Waals surface area contributed by atoms with Crippen LogP contribution in [0.4, 0.5) is 10.5 Å². The highest BCUT2D eigenvalue weighted by Crippen LogP contribution is 2.28. The van der Waals surface area contributed by atoms with Gasteiger partial charge in [-0.25, -0.2) is 9.59 Å². The smallest absolute Gasteiger partial charge is 0.408 e. The van der Waals surface area contributed by atoms with E-state index < -0.39 is 24.0 Å². The Morgan fingerprint density at radius 1 is 0.750 bits per heavy atom. The first kappa shape index (κ1) is 29.0. The van der Waals surface area contributed by atoms with Crippen LogP contribution >= 0.6 is 34.8 Å². The Hall–Kier alpha value is -4.04. The molecule has 0 spiro atoms. The van der Waals surface area contributed by atoms with E-state index in [1.165, 1.54) is 24.3 Å². The van der Waals surface area contributed by atoms with Crippen molar-refractivity contribution in [1.82, 2.24) is 5.32 Å². The van der Waals surface area contributed by atoms with Gasteiger partial charge >= 0.3 is 12.1 Å². The molecule has 10 heteroatoms. The van der Waals surface area contributed by atoms with Crippen molar-refractivity contribution in [3.8, 4) is 5.75 Å². The number of anilines is 1. The van der Waals surface area contributed by atoms with Gasteiger partial charge in [-0.3, -0.25) is 4.79 Å². The van der Waals surface area contributed by atoms with E-state index in [0.717, 1.165) is 11.1 Å². The zero-order chi connectivity index (χ0) is 28.5. The number of hydrogen-bond donors (Lipinski definition) is 2. The van der Waals surface area contributed by atoms with Gasteiger partial charge in [0.15, 0.2) is 0 Å². The summed E-state index contributed by atoms with van der Waals surface area (Å²) >= 11 is 18.2. The number of carbonyl (C=O) groups excluding carboxylic acids is 3. The van der Waals surface area contributed by atoms with Crippen molar-refractivity contribution in [1.29, 1.82) is 0 Å². The van der Waals surface area contributed by atoms with Crippen molar-refractivity contribution in [2.24, 2.45) is 0 Å². The molecule has 0 aliphatic rings. The van der Waals surface area contributed by atoms with Gasteiger partial charge in [0, 0.05) is 23.2 Å². The van der Waals surface area contributed by atoms with Gasteiger partial charge in [0.2, 0.25) is 0 Å². The van der Waals surface area contributed by atoms with E-state index in [1.54, 1.807) is 12.1 Å². The van der Waals surface area contributed by atoms with Crippen molar-refractivity contribution in [2.45, 2.75) is 19.1 Å². The van der Waals surface area contributed by atoms with Gasteiger partial charge in [0.05, 0.1) is 15.6 Å². The van der Waals surface area contributed by atoms with Crippen LogP contribution in [0.3, 0.4) is 0 Å². The molecule has 4 aromatic carbocycles. The van der Waals surface area contributed by atoms with Crippen LogP contribution in [0.25, 0.3) is 0 Å². The molecule has 4 rings (SSSR count). The summed E-state index contributed by atoms with van der Waals surface area (Å²) in [4.78, 5) is 39.0. The quantitative estimate of drug-likeness (QED) is 0.156. The third-order valence-corrected chi connectivity index (χ3v) is 6.62. The molecule has 0 aliphatic carbocycles. The molecule has 0 unspecified atom stereocenters. The molecule has 0 saturated carbocycles. The first-order valence-corrected chi connectivity index (χ1v) is 13.2. The summed E-state index contributed by atoms with van der Waals surface area (Å²) in [5.74, 6) is -1.48. The van der Waals surface area contributed by atoms with Crippen LogP contribution in [-0.4, -0.2) is 24.0 Å². The molecule has 2 amide bonds. The molecule has 0 aromatic heterocycles. The van der Waals surface area contributed by atoms with Gasteiger partial charge in [0.25, 0.3) is 5.91 Å². The molecular formula is C30H23Cl3N2O5. The maximum absolute atomic E-state index is 13.4. The van der Waals surface area contributed by atoms with Gasteiger partial charge in [-0.15, -0.1) is 0 Å². The first-order chi connectivity index (χ1) is 19.3. The molecule has 40 heavy (non-hydrogen) atoms. The zero-order valence-electron chi connectivity index (χ0n) is 20.9. The first-order valence-electron chi connectivity index (χ1n) is 12.1. The second-order valence-corrected chi connectivity index (χ2v) is 9.84. The fraction of sp³-hybridized carbons (Fsp3) is 0.100. The number of benzene rings is 4. The predicted octanol–water partition coefficient (Wildman–Crippen LogP) is 7.34. The minimum absolute atomic E-state index is 0.0209. The van der Waals surface area contributed by atoms with E-state index in [9.17, 15) is 14.4 Å². The van der Waals surface area contributed by atoms with Crippen molar-refractivity contribution >= 4 is 58.5 Å². The largest absolute Gasteiger partial charge is 0.445 e. The average molecular weight is 598 g/mol. The van der Waals surface area contributed by atoms with Crippen molar-refractivity contribution in [3.05, 3.63) is 129 Å². The minimum Gasteiger partial charge on any atom is -0.445 e. The Morgan fingerprint density at radius 3 is 2.10 bits per heavy atom. The summed E-state index contributed by atoms with van der Waals surface area (Å²) in [5, 5.41) is 6.09. The number of esters is 1. The van der Waals surface area contributed by atoms with Crippen molar-refractivity contribution in [3.63, 3.8) is 0 Å². The predicted molar refractivity (Wildman–Crippen MR) is 155 cm³/mol. The lowest BCUT2D eigenvalue weighted by Gasteiger charge is -2.19. The number of amides is 2. The van der Waals surface area contributed by atoms with Crippen LogP contribution in [0.2, 0.25) is 15.1 Å². The lowest BCUT2D eigenvalue weighted by molar-refractivity contribution is -0.136.